The van der Waals surface area contributed by atoms with Gasteiger partial charge in [0.15, 0.2) is 5.58 Å². The van der Waals surface area contributed by atoms with Crippen LogP contribution in [0.3, 0.4) is 0 Å². The first-order valence-electron chi connectivity index (χ1n) is 20.7. The number of hydrogen-bond donors (Lipinski definition) is 0. The van der Waals surface area contributed by atoms with Crippen molar-refractivity contribution in [1.82, 2.24) is 4.57 Å². The number of aromatic nitrogens is 1. The van der Waals surface area contributed by atoms with Crippen molar-refractivity contribution in [3.05, 3.63) is 199 Å². The molecule has 3 nitrogen and oxygen atoms in total. The second-order valence-corrected chi connectivity index (χ2v) is 16.2. The minimum absolute atomic E-state index is 0.0766. The van der Waals surface area contributed by atoms with Gasteiger partial charge in [0.2, 0.25) is 0 Å². The van der Waals surface area contributed by atoms with Gasteiger partial charge >= 0.3 is 0 Å². The van der Waals surface area contributed by atoms with Crippen molar-refractivity contribution < 1.29 is 4.42 Å². The Morgan fingerprint density at radius 2 is 1.36 bits per heavy atom. The third kappa shape index (κ3) is 5.72. The Morgan fingerprint density at radius 3 is 2.16 bits per heavy atom. The molecule has 11 rings (SSSR count). The van der Waals surface area contributed by atoms with Crippen molar-refractivity contribution in [1.29, 1.82) is 0 Å². The van der Waals surface area contributed by atoms with E-state index < -0.39 is 0 Å². The lowest BCUT2D eigenvalue weighted by atomic mass is 9.86. The highest BCUT2D eigenvalue weighted by atomic mass is 16.3. The van der Waals surface area contributed by atoms with Crippen LogP contribution in [0.15, 0.2) is 204 Å². The lowest BCUT2D eigenvalue weighted by molar-refractivity contribution is 0.671. The molecule has 0 N–H and O–H groups in total. The highest BCUT2D eigenvalue weighted by Gasteiger charge is 2.25. The van der Waals surface area contributed by atoms with Crippen molar-refractivity contribution in [3.8, 4) is 22.3 Å². The summed E-state index contributed by atoms with van der Waals surface area (Å²) in [6.45, 7) is 4.60. The van der Waals surface area contributed by atoms with Gasteiger partial charge in [0, 0.05) is 38.6 Å². The second kappa shape index (κ2) is 14.0. The topological polar surface area (TPSA) is 21.3 Å². The van der Waals surface area contributed by atoms with Crippen molar-refractivity contribution in [2.45, 2.75) is 32.7 Å². The number of benzene rings is 6. The largest absolute Gasteiger partial charge is 0.454 e. The van der Waals surface area contributed by atoms with Crippen LogP contribution in [0.5, 0.6) is 0 Å². The van der Waals surface area contributed by atoms with Crippen molar-refractivity contribution in [2.75, 3.05) is 4.90 Å². The molecule has 3 unspecified atom stereocenters. The summed E-state index contributed by atoms with van der Waals surface area (Å²) in [7, 11) is 0. The van der Waals surface area contributed by atoms with E-state index in [1.807, 2.05) is 0 Å². The number of anilines is 2. The Balaban J connectivity index is 1.01. The van der Waals surface area contributed by atoms with Gasteiger partial charge in [-0.2, -0.15) is 0 Å². The van der Waals surface area contributed by atoms with Gasteiger partial charge in [-0.15, -0.1) is 0 Å². The number of allylic oxidation sites excluding steroid dienone is 10. The third-order valence-electron chi connectivity index (χ3n) is 12.4. The molecule has 58 heavy (non-hydrogen) atoms. The molecule has 0 bridgehead atoms. The highest BCUT2D eigenvalue weighted by Crippen LogP contribution is 2.46. The molecule has 0 aliphatic heterocycles. The van der Waals surface area contributed by atoms with Crippen LogP contribution in [0.4, 0.5) is 11.4 Å². The number of furan rings is 1. The summed E-state index contributed by atoms with van der Waals surface area (Å²) < 4.78 is 9.18. The van der Waals surface area contributed by atoms with E-state index in [1.54, 1.807) is 0 Å². The maximum atomic E-state index is 6.75. The summed E-state index contributed by atoms with van der Waals surface area (Å²) in [5.74, 6) is 1.05. The van der Waals surface area contributed by atoms with Gasteiger partial charge in [-0.05, 0) is 107 Å². The minimum atomic E-state index is 0.0766. The minimum Gasteiger partial charge on any atom is -0.454 e. The zero-order chi connectivity index (χ0) is 38.7. The lowest BCUT2D eigenvalue weighted by Gasteiger charge is -2.31. The van der Waals surface area contributed by atoms with E-state index in [0.717, 1.165) is 46.0 Å². The molecule has 280 valence electrons. The molecule has 0 radical (unpaired) electrons. The smallest absolute Gasteiger partial charge is 0.160 e. The summed E-state index contributed by atoms with van der Waals surface area (Å²) in [5.41, 5.74) is 15.2. The number of para-hydroxylation sites is 3. The van der Waals surface area contributed by atoms with Crippen LogP contribution in [0.25, 0.3) is 71.7 Å². The maximum Gasteiger partial charge on any atom is 0.160 e. The molecule has 0 amide bonds. The number of fused-ring (bicyclic) bond motifs is 8. The molecule has 2 aromatic heterocycles. The van der Waals surface area contributed by atoms with Gasteiger partial charge in [0.25, 0.3) is 0 Å². The number of hydrogen-bond acceptors (Lipinski definition) is 2. The zero-order valence-electron chi connectivity index (χ0n) is 32.8. The first-order chi connectivity index (χ1) is 28.6. The molecule has 2 heterocycles. The van der Waals surface area contributed by atoms with Crippen LogP contribution < -0.4 is 4.90 Å². The average Bonchev–Trinajstić information content (AvgIpc) is 3.73. The van der Waals surface area contributed by atoms with E-state index in [1.165, 1.54) is 61.1 Å². The van der Waals surface area contributed by atoms with Crippen molar-refractivity contribution in [3.63, 3.8) is 0 Å². The molecular formula is C55H44N2O. The Morgan fingerprint density at radius 1 is 0.655 bits per heavy atom. The Labute approximate surface area is 339 Å². The van der Waals surface area contributed by atoms with E-state index in [4.69, 9.17) is 4.42 Å². The SMILES string of the molecule is CC1C=CC(n2c3ccccc3c3c(-c4ccc(-c5ccc(N(c6ccccc6)C6C=CC=C7C(=C6)C=CCC7C)cc5)cc4)cc4c5ccccc5oc4c32)=CC1. The van der Waals surface area contributed by atoms with Crippen LogP contribution in [0.1, 0.15) is 26.7 Å². The predicted molar refractivity (Wildman–Crippen MR) is 245 cm³/mol. The first-order valence-corrected chi connectivity index (χ1v) is 20.7. The predicted octanol–water partition coefficient (Wildman–Crippen LogP) is 15.0. The van der Waals surface area contributed by atoms with Crippen LogP contribution in [0, 0.1) is 11.8 Å². The van der Waals surface area contributed by atoms with Gasteiger partial charge in [-0.25, -0.2) is 0 Å². The molecular weight excluding hydrogens is 705 g/mol. The number of nitrogens with zero attached hydrogens (tertiary/aromatic N) is 2. The Kier molecular flexibility index (Phi) is 8.29. The maximum absolute atomic E-state index is 6.75. The third-order valence-corrected chi connectivity index (χ3v) is 12.4. The van der Waals surface area contributed by atoms with E-state index >= 15 is 0 Å². The normalized spacial score (nSPS) is 19.0. The quantitative estimate of drug-likeness (QED) is 0.169. The molecule has 3 aliphatic rings. The van der Waals surface area contributed by atoms with Gasteiger partial charge in [-0.3, -0.25) is 0 Å². The van der Waals surface area contributed by atoms with E-state index in [2.05, 4.69) is 211 Å². The number of rotatable bonds is 6. The Hall–Kier alpha value is -6.84. The molecule has 0 saturated heterocycles. The fourth-order valence-corrected chi connectivity index (χ4v) is 9.44. The molecule has 3 aliphatic carbocycles. The van der Waals surface area contributed by atoms with Crippen molar-refractivity contribution in [2.24, 2.45) is 11.8 Å². The second-order valence-electron chi connectivity index (χ2n) is 16.2. The van der Waals surface area contributed by atoms with Gasteiger partial charge in [0.05, 0.1) is 17.1 Å². The molecule has 3 atom stereocenters. The summed E-state index contributed by atoms with van der Waals surface area (Å²) in [5, 5.41) is 4.72. The van der Waals surface area contributed by atoms with E-state index in [0.29, 0.717) is 11.8 Å². The molecule has 0 saturated carbocycles. The molecule has 3 heteroatoms. The van der Waals surface area contributed by atoms with Gasteiger partial charge in [0.1, 0.15) is 5.58 Å². The summed E-state index contributed by atoms with van der Waals surface area (Å²) in [6, 6.07) is 48.6. The molecule has 8 aromatic rings. The average molecular weight is 749 g/mol. The zero-order valence-corrected chi connectivity index (χ0v) is 32.8. The summed E-state index contributed by atoms with van der Waals surface area (Å²) in [4.78, 5) is 2.44. The van der Waals surface area contributed by atoms with Crippen LogP contribution in [-0.4, -0.2) is 10.6 Å². The molecule has 6 aromatic carbocycles. The van der Waals surface area contributed by atoms with Crippen molar-refractivity contribution >= 4 is 60.8 Å². The van der Waals surface area contributed by atoms with E-state index in [-0.39, 0.29) is 6.04 Å². The summed E-state index contributed by atoms with van der Waals surface area (Å²) in [6.07, 6.45) is 23.0. The standard InChI is InChI=1S/C55H44N2O/c1-36-22-30-44(31-23-36)57-51-20-8-6-18-48(51)53-49(35-50-47-17-7-9-21-52(47)58-55(50)54(53)57)40-26-24-38(25-27-40)39-28-32-43(33-29-39)56(42-14-4-3-5-15-42)45-16-11-19-46-37(2)12-10-13-41(46)34-45/h3-11,13-22,24-37,45H,12,23H2,1-2H3. The van der Waals surface area contributed by atoms with Gasteiger partial charge in [-0.1, -0.05) is 153 Å². The van der Waals surface area contributed by atoms with Crippen LogP contribution >= 0.6 is 0 Å². The fraction of sp³-hybridized carbons (Fsp3) is 0.127. The Bertz CT molecular complexity index is 3070. The first kappa shape index (κ1) is 34.4. The van der Waals surface area contributed by atoms with Gasteiger partial charge < -0.3 is 13.9 Å². The fourth-order valence-electron chi connectivity index (χ4n) is 9.44. The van der Waals surface area contributed by atoms with Crippen LogP contribution in [0.2, 0.25) is 0 Å². The monoisotopic (exact) mass is 748 g/mol. The lowest BCUT2D eigenvalue weighted by Crippen LogP contribution is -2.28. The van der Waals surface area contributed by atoms with E-state index in [9.17, 15) is 0 Å². The highest BCUT2D eigenvalue weighted by molar-refractivity contribution is 6.26. The van der Waals surface area contributed by atoms with Crippen LogP contribution in [-0.2, 0) is 0 Å². The molecule has 0 fully saturated rings. The summed E-state index contributed by atoms with van der Waals surface area (Å²) >= 11 is 0. The molecule has 0 spiro atoms.